The minimum atomic E-state index is -4.00. The summed E-state index contributed by atoms with van der Waals surface area (Å²) in [6.45, 7) is 0. The fourth-order valence-corrected chi connectivity index (χ4v) is 5.12. The SMILES string of the molecule is CS(=O)(=O)c1nsc(S(C)(=O)=O)c1C(=O)NC(=O)Nc1ccccc1Cl. The van der Waals surface area contributed by atoms with Crippen molar-refractivity contribution in [1.82, 2.24) is 9.69 Å². The predicted molar refractivity (Wildman–Crippen MR) is 96.3 cm³/mol. The van der Waals surface area contributed by atoms with Crippen LogP contribution in [0.1, 0.15) is 10.4 Å². The van der Waals surface area contributed by atoms with Crippen LogP contribution in [0.25, 0.3) is 0 Å². The molecule has 0 aliphatic carbocycles. The summed E-state index contributed by atoms with van der Waals surface area (Å²) >= 11 is 6.22. The second kappa shape index (κ2) is 7.31. The second-order valence-electron chi connectivity index (χ2n) is 5.08. The molecule has 0 unspecified atom stereocenters. The lowest BCUT2D eigenvalue weighted by atomic mass is 10.3. The molecular formula is C13H12ClN3O6S3. The Bertz CT molecular complexity index is 1040. The van der Waals surface area contributed by atoms with Gasteiger partial charge in [-0.2, -0.15) is 4.37 Å². The number of para-hydroxylation sites is 1. The number of benzene rings is 1. The lowest BCUT2D eigenvalue weighted by molar-refractivity contribution is 0.0961. The standard InChI is InChI=1S/C13H12ClN3O6S3/c1-25(20,21)11-9(12(24-17-11)26(2,22)23)10(18)16-13(19)15-8-6-4-3-5-7(8)14/h3-6H,1-2H3,(H2,15,16,18,19). The number of urea groups is 1. The summed E-state index contributed by atoms with van der Waals surface area (Å²) in [5.41, 5.74) is -0.496. The van der Waals surface area contributed by atoms with E-state index < -0.39 is 46.4 Å². The number of anilines is 1. The normalized spacial score (nSPS) is 11.8. The van der Waals surface area contributed by atoms with Gasteiger partial charge in [-0.1, -0.05) is 23.7 Å². The van der Waals surface area contributed by atoms with E-state index in [2.05, 4.69) is 9.69 Å². The Morgan fingerprint density at radius 1 is 1.08 bits per heavy atom. The van der Waals surface area contributed by atoms with Crippen LogP contribution in [0.5, 0.6) is 0 Å². The quantitative estimate of drug-likeness (QED) is 0.739. The highest BCUT2D eigenvalue weighted by molar-refractivity contribution is 7.93. The molecule has 2 aromatic rings. The maximum atomic E-state index is 12.4. The first-order chi connectivity index (χ1) is 11.9. The number of rotatable bonds is 4. The molecule has 26 heavy (non-hydrogen) atoms. The van der Waals surface area contributed by atoms with E-state index in [9.17, 15) is 26.4 Å². The fraction of sp³-hybridized carbons (Fsp3) is 0.154. The lowest BCUT2D eigenvalue weighted by Gasteiger charge is -2.08. The van der Waals surface area contributed by atoms with Gasteiger partial charge >= 0.3 is 6.03 Å². The molecule has 0 aliphatic heterocycles. The summed E-state index contributed by atoms with van der Waals surface area (Å²) in [4.78, 5) is 24.3. The van der Waals surface area contributed by atoms with Crippen LogP contribution < -0.4 is 10.6 Å². The van der Waals surface area contributed by atoms with E-state index in [1.807, 2.05) is 5.32 Å². The first kappa shape index (κ1) is 20.3. The number of carbonyl (C=O) groups excluding carboxylic acids is 2. The summed E-state index contributed by atoms with van der Waals surface area (Å²) in [5.74, 6) is -1.22. The largest absolute Gasteiger partial charge is 0.326 e. The van der Waals surface area contributed by atoms with Crippen molar-refractivity contribution in [1.29, 1.82) is 0 Å². The number of nitrogens with one attached hydrogen (secondary N) is 2. The van der Waals surface area contributed by atoms with Gasteiger partial charge in [0.05, 0.1) is 10.7 Å². The van der Waals surface area contributed by atoms with Crippen LogP contribution >= 0.6 is 23.1 Å². The third kappa shape index (κ3) is 4.58. The summed E-state index contributed by atoms with van der Waals surface area (Å²) in [7, 11) is -7.94. The van der Waals surface area contributed by atoms with E-state index in [0.717, 1.165) is 12.5 Å². The molecule has 3 amide bonds. The van der Waals surface area contributed by atoms with Crippen LogP contribution in [0.2, 0.25) is 5.02 Å². The molecule has 2 rings (SSSR count). The summed E-state index contributed by atoms with van der Waals surface area (Å²) < 4.78 is 50.1. The summed E-state index contributed by atoms with van der Waals surface area (Å²) in [5, 5.41) is 3.67. The van der Waals surface area contributed by atoms with Crippen LogP contribution in [0.4, 0.5) is 10.5 Å². The molecule has 1 aromatic heterocycles. The minimum absolute atomic E-state index is 0.203. The zero-order valence-electron chi connectivity index (χ0n) is 13.3. The highest BCUT2D eigenvalue weighted by atomic mass is 35.5. The number of halogens is 1. The Morgan fingerprint density at radius 2 is 1.69 bits per heavy atom. The van der Waals surface area contributed by atoms with E-state index in [1.54, 1.807) is 12.1 Å². The molecule has 0 spiro atoms. The van der Waals surface area contributed by atoms with Crippen molar-refractivity contribution in [3.05, 3.63) is 34.9 Å². The van der Waals surface area contributed by atoms with Crippen LogP contribution in [0.15, 0.2) is 33.5 Å². The molecule has 140 valence electrons. The Labute approximate surface area is 158 Å². The fourth-order valence-electron chi connectivity index (χ4n) is 1.84. The predicted octanol–water partition coefficient (Wildman–Crippen LogP) is 1.57. The number of amides is 3. The summed E-state index contributed by atoms with van der Waals surface area (Å²) in [6, 6.07) is 5.18. The van der Waals surface area contributed by atoms with Crippen molar-refractivity contribution < 1.29 is 26.4 Å². The number of hydrogen-bond acceptors (Lipinski definition) is 8. The molecule has 13 heteroatoms. The average molecular weight is 438 g/mol. The molecule has 0 saturated heterocycles. The van der Waals surface area contributed by atoms with Gasteiger partial charge in [-0.15, -0.1) is 0 Å². The first-order valence-electron chi connectivity index (χ1n) is 6.68. The van der Waals surface area contributed by atoms with Gasteiger partial charge in [0, 0.05) is 12.5 Å². The molecule has 2 N–H and O–H groups in total. The number of aromatic nitrogens is 1. The van der Waals surface area contributed by atoms with Gasteiger partial charge in [0.2, 0.25) is 0 Å². The van der Waals surface area contributed by atoms with E-state index in [1.165, 1.54) is 12.1 Å². The van der Waals surface area contributed by atoms with Crippen molar-refractivity contribution in [2.75, 3.05) is 17.8 Å². The van der Waals surface area contributed by atoms with E-state index in [-0.39, 0.29) is 10.7 Å². The number of imide groups is 1. The molecule has 0 fully saturated rings. The van der Waals surface area contributed by atoms with Crippen molar-refractivity contribution >= 4 is 60.4 Å². The van der Waals surface area contributed by atoms with Gasteiger partial charge < -0.3 is 5.32 Å². The maximum absolute atomic E-state index is 12.4. The van der Waals surface area contributed by atoms with Gasteiger partial charge in [-0.25, -0.2) is 21.6 Å². The van der Waals surface area contributed by atoms with Gasteiger partial charge in [0.25, 0.3) is 5.91 Å². The molecule has 1 heterocycles. The van der Waals surface area contributed by atoms with Crippen molar-refractivity contribution in [3.63, 3.8) is 0 Å². The van der Waals surface area contributed by atoms with E-state index in [4.69, 9.17) is 11.6 Å². The van der Waals surface area contributed by atoms with Crippen molar-refractivity contribution in [2.24, 2.45) is 0 Å². The van der Waals surface area contributed by atoms with Crippen molar-refractivity contribution in [3.8, 4) is 0 Å². The van der Waals surface area contributed by atoms with Crippen molar-refractivity contribution in [2.45, 2.75) is 9.24 Å². The van der Waals surface area contributed by atoms with Gasteiger partial charge in [-0.05, 0) is 23.7 Å². The molecule has 0 aliphatic rings. The topological polar surface area (TPSA) is 139 Å². The zero-order chi connectivity index (χ0) is 19.7. The molecule has 0 radical (unpaired) electrons. The highest BCUT2D eigenvalue weighted by Gasteiger charge is 2.32. The van der Waals surface area contributed by atoms with Crippen LogP contribution in [-0.2, 0) is 19.7 Å². The zero-order valence-corrected chi connectivity index (χ0v) is 16.5. The monoisotopic (exact) mass is 437 g/mol. The number of sulfone groups is 2. The van der Waals surface area contributed by atoms with Crippen LogP contribution in [0.3, 0.4) is 0 Å². The molecule has 9 nitrogen and oxygen atoms in total. The second-order valence-corrected chi connectivity index (χ2v) is 10.4. The first-order valence-corrected chi connectivity index (χ1v) is 11.6. The average Bonchev–Trinajstić information content (AvgIpc) is 2.95. The Kier molecular flexibility index (Phi) is 5.70. The third-order valence-electron chi connectivity index (χ3n) is 2.89. The van der Waals surface area contributed by atoms with Gasteiger partial charge in [0.15, 0.2) is 28.9 Å². The Balaban J connectivity index is 2.36. The smallest absolute Gasteiger partial charge is 0.306 e. The van der Waals surface area contributed by atoms with E-state index >= 15 is 0 Å². The Hall–Kier alpha value is -2.02. The van der Waals surface area contributed by atoms with Gasteiger partial charge in [-0.3, -0.25) is 10.1 Å². The highest BCUT2D eigenvalue weighted by Crippen LogP contribution is 2.27. The number of nitrogens with zero attached hydrogens (tertiary/aromatic N) is 1. The minimum Gasteiger partial charge on any atom is -0.306 e. The third-order valence-corrected chi connectivity index (χ3v) is 6.99. The maximum Gasteiger partial charge on any atom is 0.326 e. The number of hydrogen-bond donors (Lipinski definition) is 2. The van der Waals surface area contributed by atoms with Crippen LogP contribution in [0, 0.1) is 0 Å². The van der Waals surface area contributed by atoms with Gasteiger partial charge in [0.1, 0.15) is 5.56 Å². The van der Waals surface area contributed by atoms with E-state index in [0.29, 0.717) is 11.5 Å². The molecule has 0 saturated carbocycles. The lowest BCUT2D eigenvalue weighted by Crippen LogP contribution is -2.35. The molecule has 1 aromatic carbocycles. The van der Waals surface area contributed by atoms with Crippen LogP contribution in [-0.4, -0.2) is 45.7 Å². The molecular weight excluding hydrogens is 426 g/mol. The number of carbonyl (C=O) groups is 2. The molecule has 0 atom stereocenters. The summed E-state index contributed by atoms with van der Waals surface area (Å²) in [6.07, 6.45) is 1.57. The Morgan fingerprint density at radius 3 is 2.23 bits per heavy atom. The molecule has 0 bridgehead atoms.